The van der Waals surface area contributed by atoms with E-state index in [0.29, 0.717) is 0 Å². The molecule has 1 aromatic heterocycles. The first-order chi connectivity index (χ1) is 41.1. The van der Waals surface area contributed by atoms with Crippen LogP contribution in [0.25, 0.3) is 99.7 Å². The van der Waals surface area contributed by atoms with E-state index in [1.54, 1.807) is 0 Å². The van der Waals surface area contributed by atoms with Crippen LogP contribution in [0.15, 0.2) is 315 Å². The standard InChI is InChI=1S/C79H52BN3/c1-7-23-53(24-8-1)63-39-64(54-25-9-2-10-26-54)42-69(41-63)82-75-49-61-37-21-19-35-59(61)45-71(75)80-72-46-60-36-20-22-38-62(60)50-76(72)83(70-43-65(55-27-11-3-12-28-55)40-66(44-70)56-29-13-4-14-30-56)78-52-68(51-77(82)79(78)80)67-47-73(57-31-15-5-16-32-57)81-74(48-67)58-33-17-6-18-34-58/h1-52H. The van der Waals surface area contributed by atoms with Gasteiger partial charge in [-0.15, -0.1) is 0 Å². The van der Waals surface area contributed by atoms with Crippen molar-refractivity contribution < 1.29 is 0 Å². The van der Waals surface area contributed by atoms with Gasteiger partial charge in [0.15, 0.2) is 0 Å². The van der Waals surface area contributed by atoms with Gasteiger partial charge in [0, 0.05) is 45.3 Å². The van der Waals surface area contributed by atoms with Crippen LogP contribution in [0.1, 0.15) is 0 Å². The number of rotatable bonds is 9. The van der Waals surface area contributed by atoms with Gasteiger partial charge >= 0.3 is 0 Å². The van der Waals surface area contributed by atoms with Crippen LogP contribution in [-0.4, -0.2) is 11.7 Å². The summed E-state index contributed by atoms with van der Waals surface area (Å²) in [5, 5.41) is 4.80. The van der Waals surface area contributed by atoms with Gasteiger partial charge in [-0.05, 0) is 166 Å². The van der Waals surface area contributed by atoms with Gasteiger partial charge in [-0.1, -0.05) is 243 Å². The molecule has 3 nitrogen and oxygen atoms in total. The van der Waals surface area contributed by atoms with Crippen molar-refractivity contribution in [1.29, 1.82) is 0 Å². The van der Waals surface area contributed by atoms with Crippen LogP contribution in [0, 0.1) is 0 Å². The lowest BCUT2D eigenvalue weighted by molar-refractivity contribution is 1.26. The second-order valence-electron chi connectivity index (χ2n) is 21.9. The Labute approximate surface area is 484 Å². The number of anilines is 6. The summed E-state index contributed by atoms with van der Waals surface area (Å²) in [6, 6.07) is 116. The average molecular weight is 1050 g/mol. The maximum absolute atomic E-state index is 5.43. The van der Waals surface area contributed by atoms with Gasteiger partial charge in [-0.2, -0.15) is 0 Å². The molecule has 2 aliphatic heterocycles. The van der Waals surface area contributed by atoms with Crippen molar-refractivity contribution in [1.82, 2.24) is 4.98 Å². The summed E-state index contributed by atoms with van der Waals surface area (Å²) >= 11 is 0. The Morgan fingerprint density at radius 3 is 0.831 bits per heavy atom. The molecule has 0 saturated carbocycles. The van der Waals surface area contributed by atoms with Gasteiger partial charge in [-0.25, -0.2) is 4.98 Å². The summed E-state index contributed by atoms with van der Waals surface area (Å²) in [4.78, 5) is 10.6. The van der Waals surface area contributed by atoms with Gasteiger partial charge in [0.1, 0.15) is 0 Å². The van der Waals surface area contributed by atoms with Crippen LogP contribution >= 0.6 is 0 Å². The van der Waals surface area contributed by atoms with E-state index in [9.17, 15) is 0 Å². The number of aromatic nitrogens is 1. The minimum atomic E-state index is -0.144. The molecule has 2 aliphatic rings. The van der Waals surface area contributed by atoms with E-state index in [4.69, 9.17) is 4.98 Å². The highest BCUT2D eigenvalue weighted by Gasteiger charge is 2.44. The molecule has 0 aliphatic carbocycles. The van der Waals surface area contributed by atoms with Crippen LogP contribution < -0.4 is 26.2 Å². The molecule has 0 N–H and O–H groups in total. The summed E-state index contributed by atoms with van der Waals surface area (Å²) in [7, 11) is 0. The quantitative estimate of drug-likeness (QED) is 0.134. The minimum absolute atomic E-state index is 0.144. The van der Waals surface area contributed by atoms with Crippen LogP contribution in [0.4, 0.5) is 34.1 Å². The maximum Gasteiger partial charge on any atom is 0.252 e. The topological polar surface area (TPSA) is 19.4 Å². The van der Waals surface area contributed by atoms with E-state index in [1.165, 1.54) is 37.9 Å². The highest BCUT2D eigenvalue weighted by Crippen LogP contribution is 2.50. The summed E-state index contributed by atoms with van der Waals surface area (Å²) in [6.45, 7) is -0.144. The Balaban J connectivity index is 1.06. The van der Waals surface area contributed by atoms with Gasteiger partial charge < -0.3 is 9.80 Å². The molecule has 83 heavy (non-hydrogen) atoms. The molecule has 0 spiro atoms. The number of fused-ring (bicyclic) bond motifs is 6. The zero-order valence-electron chi connectivity index (χ0n) is 45.4. The van der Waals surface area contributed by atoms with Gasteiger partial charge in [0.05, 0.1) is 11.4 Å². The Morgan fingerprint density at radius 1 is 0.217 bits per heavy atom. The average Bonchev–Trinajstić information content (AvgIpc) is 0.974. The molecule has 3 heterocycles. The van der Waals surface area contributed by atoms with Crippen molar-refractivity contribution in [2.24, 2.45) is 0 Å². The number of benzene rings is 13. The normalized spacial score (nSPS) is 12.3. The largest absolute Gasteiger partial charge is 0.311 e. The third-order valence-electron chi connectivity index (χ3n) is 16.9. The van der Waals surface area contributed by atoms with Crippen molar-refractivity contribution in [2.75, 3.05) is 9.80 Å². The van der Waals surface area contributed by atoms with Crippen molar-refractivity contribution in [3.8, 4) is 78.1 Å². The molecule has 0 atom stereocenters. The Kier molecular flexibility index (Phi) is 11.6. The highest BCUT2D eigenvalue weighted by molar-refractivity contribution is 7.00. The third kappa shape index (κ3) is 8.59. The summed E-state index contributed by atoms with van der Waals surface area (Å²) < 4.78 is 0. The second kappa shape index (κ2) is 20.1. The van der Waals surface area contributed by atoms with E-state index in [0.717, 1.165) is 112 Å². The van der Waals surface area contributed by atoms with E-state index >= 15 is 0 Å². The van der Waals surface area contributed by atoms with Crippen LogP contribution in [0.3, 0.4) is 0 Å². The monoisotopic (exact) mass is 1050 g/mol. The molecule has 386 valence electrons. The van der Waals surface area contributed by atoms with Crippen molar-refractivity contribution in [3.05, 3.63) is 315 Å². The smallest absolute Gasteiger partial charge is 0.252 e. The Bertz CT molecular complexity index is 4370. The fourth-order valence-corrected chi connectivity index (χ4v) is 13.0. The predicted molar refractivity (Wildman–Crippen MR) is 351 cm³/mol. The molecular formula is C79H52BN3. The van der Waals surface area contributed by atoms with Crippen LogP contribution in [0.2, 0.25) is 0 Å². The Hall–Kier alpha value is -10.8. The van der Waals surface area contributed by atoms with Crippen molar-refractivity contribution in [2.45, 2.75) is 0 Å². The number of nitrogens with zero attached hydrogens (tertiary/aromatic N) is 3. The molecular weight excluding hydrogens is 1000 g/mol. The summed E-state index contributed by atoms with van der Waals surface area (Å²) in [6.07, 6.45) is 0. The summed E-state index contributed by atoms with van der Waals surface area (Å²) in [5.74, 6) is 0. The van der Waals surface area contributed by atoms with Crippen LogP contribution in [-0.2, 0) is 0 Å². The lowest BCUT2D eigenvalue weighted by Gasteiger charge is -2.45. The highest BCUT2D eigenvalue weighted by atomic mass is 15.2. The first kappa shape index (κ1) is 48.1. The molecule has 0 saturated heterocycles. The summed E-state index contributed by atoms with van der Waals surface area (Å²) in [5.41, 5.74) is 25.9. The molecule has 13 aromatic carbocycles. The molecule has 14 aromatic rings. The molecule has 0 radical (unpaired) electrons. The zero-order chi connectivity index (χ0) is 54.8. The van der Waals surface area contributed by atoms with Gasteiger partial charge in [-0.3, -0.25) is 0 Å². The van der Waals surface area contributed by atoms with E-state index < -0.39 is 0 Å². The fourth-order valence-electron chi connectivity index (χ4n) is 13.0. The Morgan fingerprint density at radius 2 is 0.494 bits per heavy atom. The van der Waals surface area contributed by atoms with E-state index in [-0.39, 0.29) is 6.71 Å². The molecule has 0 unspecified atom stereocenters. The number of hydrogen-bond donors (Lipinski definition) is 0. The fraction of sp³-hybridized carbons (Fsp3) is 0. The van der Waals surface area contributed by atoms with Gasteiger partial charge in [0.25, 0.3) is 6.71 Å². The maximum atomic E-state index is 5.43. The molecule has 0 bridgehead atoms. The molecule has 0 fully saturated rings. The number of hydrogen-bond acceptors (Lipinski definition) is 3. The number of pyridine rings is 1. The van der Waals surface area contributed by atoms with Crippen molar-refractivity contribution in [3.63, 3.8) is 0 Å². The second-order valence-corrected chi connectivity index (χ2v) is 21.9. The molecule has 16 rings (SSSR count). The molecule has 4 heteroatoms. The van der Waals surface area contributed by atoms with Gasteiger partial charge in [0.2, 0.25) is 0 Å². The van der Waals surface area contributed by atoms with E-state index in [2.05, 4.69) is 325 Å². The minimum Gasteiger partial charge on any atom is -0.311 e. The first-order valence-electron chi connectivity index (χ1n) is 28.6. The SMILES string of the molecule is c1ccc(-c2cc(-c3ccccc3)cc(N3c4cc5ccccc5cc4B4c5cc6ccccc6cc5N(c5cc(-c6ccccc6)cc(-c6ccccc6)c5)c5cc(-c6cc(-c7ccccc7)nc(-c7ccccc7)c6)cc3c54)c2)cc1. The zero-order valence-corrected chi connectivity index (χ0v) is 45.4. The van der Waals surface area contributed by atoms with Crippen LogP contribution in [0.5, 0.6) is 0 Å². The molecule has 0 amide bonds. The van der Waals surface area contributed by atoms with Crippen molar-refractivity contribution >= 4 is 78.8 Å². The lowest BCUT2D eigenvalue weighted by Crippen LogP contribution is -2.61. The first-order valence-corrected chi connectivity index (χ1v) is 28.6. The third-order valence-corrected chi connectivity index (χ3v) is 16.9. The predicted octanol–water partition coefficient (Wildman–Crippen LogP) is 19.1. The lowest BCUT2D eigenvalue weighted by atomic mass is 9.33. The van der Waals surface area contributed by atoms with E-state index in [1.807, 2.05) is 0 Å².